The number of nitrogens with zero attached hydrogens (tertiary/aromatic N) is 3. The second-order valence-electron chi connectivity index (χ2n) is 4.76. The average molecular weight is 327 g/mol. The molecule has 1 aromatic carbocycles. The Morgan fingerprint density at radius 2 is 1.88 bits per heavy atom. The van der Waals surface area contributed by atoms with Gasteiger partial charge in [-0.2, -0.15) is 4.98 Å². The molecule has 0 fully saturated rings. The standard InChI is InChI=1S/C16H13N3O5/c1-2-23-11-6-8-12(9-7-11)24-15-14(19(21)22)16(20)18-10-4-3-5-13(18)17-15/h3-10H,2H2,1H3. The Morgan fingerprint density at radius 1 is 1.17 bits per heavy atom. The van der Waals surface area contributed by atoms with Gasteiger partial charge in [-0.1, -0.05) is 6.07 Å². The molecule has 2 aromatic heterocycles. The minimum atomic E-state index is -0.800. The third-order valence-corrected chi connectivity index (χ3v) is 3.21. The third-order valence-electron chi connectivity index (χ3n) is 3.21. The number of nitro groups is 1. The first-order valence-corrected chi connectivity index (χ1v) is 7.16. The normalized spacial score (nSPS) is 10.5. The summed E-state index contributed by atoms with van der Waals surface area (Å²) in [4.78, 5) is 26.9. The van der Waals surface area contributed by atoms with E-state index in [0.29, 0.717) is 18.1 Å². The Bertz CT molecular complexity index is 950. The van der Waals surface area contributed by atoms with E-state index in [9.17, 15) is 14.9 Å². The van der Waals surface area contributed by atoms with Crippen molar-refractivity contribution in [3.8, 4) is 17.4 Å². The van der Waals surface area contributed by atoms with E-state index in [4.69, 9.17) is 9.47 Å². The lowest BCUT2D eigenvalue weighted by molar-refractivity contribution is -0.387. The van der Waals surface area contributed by atoms with Gasteiger partial charge in [-0.3, -0.25) is 19.3 Å². The summed E-state index contributed by atoms with van der Waals surface area (Å²) in [5, 5.41) is 11.3. The summed E-state index contributed by atoms with van der Waals surface area (Å²) in [5.74, 6) is 0.611. The lowest BCUT2D eigenvalue weighted by Gasteiger charge is -2.08. The fraction of sp³-hybridized carbons (Fsp3) is 0.125. The molecule has 0 unspecified atom stereocenters. The third kappa shape index (κ3) is 2.89. The summed E-state index contributed by atoms with van der Waals surface area (Å²) < 4.78 is 11.9. The Kier molecular flexibility index (Phi) is 4.11. The van der Waals surface area contributed by atoms with E-state index in [1.807, 2.05) is 6.92 Å². The number of pyridine rings is 1. The number of ether oxygens (including phenoxy) is 2. The molecule has 122 valence electrons. The van der Waals surface area contributed by atoms with Crippen molar-refractivity contribution >= 4 is 11.3 Å². The lowest BCUT2D eigenvalue weighted by Crippen LogP contribution is -2.19. The molecule has 0 aliphatic heterocycles. The monoisotopic (exact) mass is 327 g/mol. The van der Waals surface area contributed by atoms with Crippen LogP contribution < -0.4 is 15.0 Å². The zero-order valence-corrected chi connectivity index (χ0v) is 12.7. The highest BCUT2D eigenvalue weighted by molar-refractivity contribution is 5.50. The SMILES string of the molecule is CCOc1ccc(Oc2nc3ccccn3c(=O)c2[N+](=O)[O-])cc1. The van der Waals surface area contributed by atoms with Crippen molar-refractivity contribution in [2.45, 2.75) is 6.92 Å². The van der Waals surface area contributed by atoms with Crippen LogP contribution in [0.15, 0.2) is 53.5 Å². The summed E-state index contributed by atoms with van der Waals surface area (Å²) in [7, 11) is 0. The Morgan fingerprint density at radius 3 is 2.54 bits per heavy atom. The summed E-state index contributed by atoms with van der Waals surface area (Å²) in [6.07, 6.45) is 1.42. The summed E-state index contributed by atoms with van der Waals surface area (Å²) in [6.45, 7) is 2.38. The first-order valence-electron chi connectivity index (χ1n) is 7.16. The molecule has 0 bridgehead atoms. The van der Waals surface area contributed by atoms with E-state index in [1.165, 1.54) is 6.20 Å². The van der Waals surface area contributed by atoms with E-state index in [1.54, 1.807) is 42.5 Å². The molecule has 24 heavy (non-hydrogen) atoms. The minimum absolute atomic E-state index is 0.258. The van der Waals surface area contributed by atoms with Gasteiger partial charge in [0.05, 0.1) is 11.5 Å². The van der Waals surface area contributed by atoms with Crippen LogP contribution >= 0.6 is 0 Å². The van der Waals surface area contributed by atoms with E-state index < -0.39 is 16.2 Å². The molecular formula is C16H13N3O5. The second kappa shape index (κ2) is 6.37. The molecule has 0 saturated carbocycles. The lowest BCUT2D eigenvalue weighted by atomic mass is 10.3. The van der Waals surface area contributed by atoms with Crippen molar-refractivity contribution in [3.63, 3.8) is 0 Å². The van der Waals surface area contributed by atoms with Crippen molar-refractivity contribution in [1.82, 2.24) is 9.38 Å². The van der Waals surface area contributed by atoms with Gasteiger partial charge in [-0.25, -0.2) is 0 Å². The zero-order valence-electron chi connectivity index (χ0n) is 12.7. The van der Waals surface area contributed by atoms with Gasteiger partial charge >= 0.3 is 17.1 Å². The number of rotatable bonds is 5. The second-order valence-corrected chi connectivity index (χ2v) is 4.76. The first kappa shape index (κ1) is 15.5. The smallest absolute Gasteiger partial charge is 0.396 e. The van der Waals surface area contributed by atoms with Gasteiger partial charge in [-0.15, -0.1) is 0 Å². The molecule has 3 aromatic rings. The van der Waals surface area contributed by atoms with Gasteiger partial charge in [0, 0.05) is 6.20 Å². The van der Waals surface area contributed by atoms with Crippen LogP contribution in [0.4, 0.5) is 5.69 Å². The predicted octanol–water partition coefficient (Wildman–Crippen LogP) is 2.79. The van der Waals surface area contributed by atoms with Gasteiger partial charge < -0.3 is 9.47 Å². The molecule has 0 radical (unpaired) electrons. The van der Waals surface area contributed by atoms with Crippen molar-refractivity contribution in [3.05, 3.63) is 69.1 Å². The van der Waals surface area contributed by atoms with Crippen LogP contribution in [0.2, 0.25) is 0 Å². The molecular weight excluding hydrogens is 314 g/mol. The molecule has 0 aliphatic carbocycles. The Balaban J connectivity index is 2.06. The van der Waals surface area contributed by atoms with Crippen molar-refractivity contribution in [1.29, 1.82) is 0 Å². The van der Waals surface area contributed by atoms with E-state index >= 15 is 0 Å². The quantitative estimate of drug-likeness (QED) is 0.528. The predicted molar refractivity (Wildman–Crippen MR) is 85.8 cm³/mol. The maximum Gasteiger partial charge on any atom is 0.396 e. The number of hydrogen-bond acceptors (Lipinski definition) is 6. The summed E-state index contributed by atoms with van der Waals surface area (Å²) >= 11 is 0. The number of hydrogen-bond donors (Lipinski definition) is 0. The van der Waals surface area contributed by atoms with Crippen LogP contribution in [0.3, 0.4) is 0 Å². The molecule has 0 saturated heterocycles. The highest BCUT2D eigenvalue weighted by atomic mass is 16.6. The van der Waals surface area contributed by atoms with Crippen LogP contribution in [-0.2, 0) is 0 Å². The van der Waals surface area contributed by atoms with Gasteiger partial charge in [0.25, 0.3) is 0 Å². The van der Waals surface area contributed by atoms with Crippen molar-refractivity contribution < 1.29 is 14.4 Å². The average Bonchev–Trinajstić information content (AvgIpc) is 2.57. The minimum Gasteiger partial charge on any atom is -0.494 e. The van der Waals surface area contributed by atoms with E-state index in [-0.39, 0.29) is 11.5 Å². The van der Waals surface area contributed by atoms with Crippen LogP contribution in [0.25, 0.3) is 5.65 Å². The van der Waals surface area contributed by atoms with E-state index in [0.717, 1.165) is 4.40 Å². The molecule has 0 amide bonds. The fourth-order valence-corrected chi connectivity index (χ4v) is 2.17. The maximum atomic E-state index is 12.3. The highest BCUT2D eigenvalue weighted by Crippen LogP contribution is 2.28. The maximum absolute atomic E-state index is 12.3. The Labute approximate surface area is 136 Å². The zero-order chi connectivity index (χ0) is 17.1. The van der Waals surface area contributed by atoms with Crippen LogP contribution in [-0.4, -0.2) is 20.9 Å². The largest absolute Gasteiger partial charge is 0.494 e. The van der Waals surface area contributed by atoms with Gasteiger partial charge in [-0.05, 0) is 43.3 Å². The summed E-state index contributed by atoms with van der Waals surface area (Å²) in [5.41, 5.74) is -1.26. The van der Waals surface area contributed by atoms with E-state index in [2.05, 4.69) is 4.98 Å². The molecule has 2 heterocycles. The molecule has 3 rings (SSSR count). The van der Waals surface area contributed by atoms with Crippen molar-refractivity contribution in [2.75, 3.05) is 6.61 Å². The molecule has 8 heteroatoms. The molecule has 8 nitrogen and oxygen atoms in total. The fourth-order valence-electron chi connectivity index (χ4n) is 2.17. The molecule has 0 N–H and O–H groups in total. The van der Waals surface area contributed by atoms with Crippen LogP contribution in [0.5, 0.6) is 17.4 Å². The van der Waals surface area contributed by atoms with Gasteiger partial charge in [0.15, 0.2) is 0 Å². The number of aromatic nitrogens is 2. The van der Waals surface area contributed by atoms with Gasteiger partial charge in [0.2, 0.25) is 0 Å². The number of benzene rings is 1. The van der Waals surface area contributed by atoms with Gasteiger partial charge in [0.1, 0.15) is 17.1 Å². The molecule has 0 atom stereocenters. The van der Waals surface area contributed by atoms with Crippen molar-refractivity contribution in [2.24, 2.45) is 0 Å². The highest BCUT2D eigenvalue weighted by Gasteiger charge is 2.25. The van der Waals surface area contributed by atoms with Crippen LogP contribution in [0, 0.1) is 10.1 Å². The van der Waals surface area contributed by atoms with Crippen LogP contribution in [0.1, 0.15) is 6.92 Å². The molecule has 0 aliphatic rings. The summed E-state index contributed by atoms with van der Waals surface area (Å²) in [6, 6.07) is 11.3. The topological polar surface area (TPSA) is 96.0 Å². The first-order chi connectivity index (χ1) is 11.6. The molecule has 0 spiro atoms. The number of fused-ring (bicyclic) bond motifs is 1. The Hall–Kier alpha value is -3.42.